The van der Waals surface area contributed by atoms with Gasteiger partial charge in [0, 0.05) is 24.3 Å². The number of aliphatic hydroxyl groups excluding tert-OH is 5. The molecule has 276 valence electrons. The van der Waals surface area contributed by atoms with E-state index in [1.165, 1.54) is 0 Å². The van der Waals surface area contributed by atoms with Gasteiger partial charge in [0.05, 0.1) is 41.5 Å². The molecule has 0 radical (unpaired) electrons. The third-order valence-corrected chi connectivity index (χ3v) is 14.0. The van der Waals surface area contributed by atoms with Gasteiger partial charge in [-0.2, -0.15) is 0 Å². The number of hydrogen-bond donors (Lipinski definition) is 7. The molecule has 14 nitrogen and oxygen atoms in total. The molecule has 0 amide bonds. The molecule has 4 saturated carbocycles. The van der Waals surface area contributed by atoms with Crippen LogP contribution in [0.3, 0.4) is 0 Å². The van der Waals surface area contributed by atoms with Crippen LogP contribution < -0.4 is 0 Å². The number of ether oxygens (including phenoxy) is 5. The van der Waals surface area contributed by atoms with Gasteiger partial charge in [-0.15, -0.1) is 0 Å². The number of aldehydes is 1. The van der Waals surface area contributed by atoms with E-state index in [0.29, 0.717) is 44.9 Å². The average Bonchev–Trinajstić information content (AvgIpc) is 3.61. The van der Waals surface area contributed by atoms with Gasteiger partial charge in [0.1, 0.15) is 43.4 Å². The predicted octanol–water partition coefficient (Wildman–Crippen LogP) is -0.397. The predicted molar refractivity (Wildman–Crippen MR) is 166 cm³/mol. The molecule has 0 aromatic rings. The summed E-state index contributed by atoms with van der Waals surface area (Å²) in [4.78, 5) is 25.0. The first-order valence-electron chi connectivity index (χ1n) is 17.9. The molecule has 3 aliphatic heterocycles. The van der Waals surface area contributed by atoms with Crippen LogP contribution in [0, 0.1) is 28.6 Å². The summed E-state index contributed by atoms with van der Waals surface area (Å²) in [5.41, 5.74) is -2.94. The summed E-state index contributed by atoms with van der Waals surface area (Å²) >= 11 is 0. The van der Waals surface area contributed by atoms with Crippen molar-refractivity contribution in [2.75, 3.05) is 13.2 Å². The van der Waals surface area contributed by atoms with Crippen molar-refractivity contribution in [2.24, 2.45) is 28.6 Å². The van der Waals surface area contributed by atoms with Crippen LogP contribution in [-0.2, 0) is 33.3 Å². The third kappa shape index (κ3) is 5.47. The largest absolute Gasteiger partial charge is 0.458 e. The highest BCUT2D eigenvalue weighted by atomic mass is 16.7. The van der Waals surface area contributed by atoms with E-state index in [1.54, 1.807) is 13.0 Å². The van der Waals surface area contributed by atoms with E-state index in [1.807, 2.05) is 0 Å². The van der Waals surface area contributed by atoms with Gasteiger partial charge in [-0.05, 0) is 81.6 Å². The number of carbonyl (C=O) groups excluding carboxylic acids is 2. The Labute approximate surface area is 285 Å². The Morgan fingerprint density at radius 3 is 2.37 bits per heavy atom. The van der Waals surface area contributed by atoms with Crippen molar-refractivity contribution in [2.45, 2.75) is 151 Å². The summed E-state index contributed by atoms with van der Waals surface area (Å²) in [6.07, 6.45) is -4.38. The zero-order valence-electron chi connectivity index (χ0n) is 28.1. The third-order valence-electron chi connectivity index (χ3n) is 14.0. The van der Waals surface area contributed by atoms with Gasteiger partial charge in [-0.25, -0.2) is 4.79 Å². The molecule has 0 aromatic carbocycles. The molecule has 6 fully saturated rings. The van der Waals surface area contributed by atoms with Crippen LogP contribution in [0.1, 0.15) is 78.1 Å². The second-order valence-corrected chi connectivity index (χ2v) is 16.1. The molecule has 9 unspecified atom stereocenters. The standard InChI is InChI=1S/C35H52O14/c1-17-30(49-31-29(42)28(41)27(40)24(14-36)48-31)23(38)12-26(46-17)47-19-3-8-33(16-37)21-4-7-32(2)20(18-11-25(39)45-15-18)6-10-35(32,44)22(21)5-9-34(33,43)13-19/h11,16-17,19-24,26-31,36,38,40-44H,3-10,12-15H2,1-2H3/t17?,19-,20+,21-,22+,23?,24?,26?,27?,28?,29?,30?,31?,32+,33-,34-,35-/m0/s1. The van der Waals surface area contributed by atoms with Crippen molar-refractivity contribution in [3.8, 4) is 0 Å². The van der Waals surface area contributed by atoms with Crippen molar-refractivity contribution in [3.63, 3.8) is 0 Å². The lowest BCUT2D eigenvalue weighted by Gasteiger charge is -2.65. The number of rotatable bonds is 7. The molecular formula is C35H52O14. The lowest BCUT2D eigenvalue weighted by Crippen LogP contribution is -2.69. The maximum absolute atomic E-state index is 13.2. The van der Waals surface area contributed by atoms with Crippen LogP contribution in [0.15, 0.2) is 11.6 Å². The molecule has 0 spiro atoms. The van der Waals surface area contributed by atoms with Crippen molar-refractivity contribution >= 4 is 12.3 Å². The maximum Gasteiger partial charge on any atom is 0.331 e. The first-order valence-corrected chi connectivity index (χ1v) is 17.9. The number of fused-ring (bicyclic) bond motifs is 5. The van der Waals surface area contributed by atoms with E-state index in [4.69, 9.17) is 23.7 Å². The van der Waals surface area contributed by atoms with Crippen LogP contribution in [0.2, 0.25) is 0 Å². The number of aliphatic hydroxyl groups is 7. The summed E-state index contributed by atoms with van der Waals surface area (Å²) in [6, 6.07) is 0. The van der Waals surface area contributed by atoms with Crippen LogP contribution in [-0.4, -0.2) is 134 Å². The summed E-state index contributed by atoms with van der Waals surface area (Å²) < 4.78 is 28.9. The fraction of sp³-hybridized carbons (Fsp3) is 0.886. The highest BCUT2D eigenvalue weighted by Crippen LogP contribution is 2.70. The number of esters is 1. The normalized spacial score (nSPS) is 54.3. The Kier molecular flexibility index (Phi) is 9.38. The Balaban J connectivity index is 1.00. The smallest absolute Gasteiger partial charge is 0.331 e. The second kappa shape index (κ2) is 12.8. The molecule has 0 aromatic heterocycles. The first kappa shape index (κ1) is 35.8. The monoisotopic (exact) mass is 696 g/mol. The first-order chi connectivity index (χ1) is 23.2. The Morgan fingerprint density at radius 1 is 0.939 bits per heavy atom. The summed E-state index contributed by atoms with van der Waals surface area (Å²) in [5.74, 6) is -0.688. The van der Waals surface area contributed by atoms with Gasteiger partial charge in [0.15, 0.2) is 12.6 Å². The lowest BCUT2D eigenvalue weighted by molar-refractivity contribution is -0.345. The summed E-state index contributed by atoms with van der Waals surface area (Å²) in [5, 5.41) is 75.9. The molecule has 4 aliphatic carbocycles. The van der Waals surface area contributed by atoms with Crippen LogP contribution in [0.4, 0.5) is 0 Å². The van der Waals surface area contributed by atoms with E-state index in [9.17, 15) is 45.3 Å². The average molecular weight is 697 g/mol. The van der Waals surface area contributed by atoms with Crippen molar-refractivity contribution < 1.29 is 69.0 Å². The van der Waals surface area contributed by atoms with E-state index in [2.05, 4.69) is 6.92 Å². The zero-order chi connectivity index (χ0) is 35.1. The van der Waals surface area contributed by atoms with Crippen molar-refractivity contribution in [1.29, 1.82) is 0 Å². The van der Waals surface area contributed by atoms with Crippen molar-refractivity contribution in [3.05, 3.63) is 11.6 Å². The molecule has 3 heterocycles. The van der Waals surface area contributed by atoms with Crippen LogP contribution in [0.25, 0.3) is 0 Å². The Hall–Kier alpha value is -1.56. The maximum atomic E-state index is 13.2. The molecule has 7 aliphatic rings. The minimum atomic E-state index is -1.62. The van der Waals surface area contributed by atoms with Gasteiger partial charge in [-0.1, -0.05) is 6.92 Å². The summed E-state index contributed by atoms with van der Waals surface area (Å²) in [7, 11) is 0. The van der Waals surface area contributed by atoms with Crippen LogP contribution in [0.5, 0.6) is 0 Å². The second-order valence-electron chi connectivity index (χ2n) is 16.1. The van der Waals surface area contributed by atoms with Gasteiger partial charge in [0.25, 0.3) is 0 Å². The highest BCUT2D eigenvalue weighted by molar-refractivity contribution is 5.85. The quantitative estimate of drug-likeness (QED) is 0.102. The molecular weight excluding hydrogens is 644 g/mol. The van der Waals surface area contributed by atoms with E-state index in [0.717, 1.165) is 18.3 Å². The minimum Gasteiger partial charge on any atom is -0.458 e. The van der Waals surface area contributed by atoms with Gasteiger partial charge >= 0.3 is 5.97 Å². The zero-order valence-corrected chi connectivity index (χ0v) is 28.1. The van der Waals surface area contributed by atoms with E-state index < -0.39 is 90.1 Å². The Bertz CT molecular complexity index is 1300. The number of cyclic esters (lactones) is 1. The molecule has 0 bridgehead atoms. The number of hydrogen-bond acceptors (Lipinski definition) is 14. The molecule has 49 heavy (non-hydrogen) atoms. The fourth-order valence-electron chi connectivity index (χ4n) is 11.3. The minimum absolute atomic E-state index is 0.00470. The Morgan fingerprint density at radius 2 is 1.69 bits per heavy atom. The summed E-state index contributed by atoms with van der Waals surface area (Å²) in [6.45, 7) is 3.42. The van der Waals surface area contributed by atoms with E-state index >= 15 is 0 Å². The van der Waals surface area contributed by atoms with Gasteiger partial charge < -0.3 is 64.2 Å². The number of carbonyl (C=O) groups is 2. The highest BCUT2D eigenvalue weighted by Gasteiger charge is 2.71. The molecule has 17 atom stereocenters. The van der Waals surface area contributed by atoms with Crippen molar-refractivity contribution in [1.82, 2.24) is 0 Å². The SMILES string of the molecule is CC1OC(O[C@H]2CC[C@]3(C=O)[C@H]4CC[C@]5(C)[C@@H](C6=CC(=O)OC6)CC[C@]5(O)[C@@H]4CC[C@]3(O)C2)CC(O)C1OC1OC(CO)C(O)C(O)C1O. The van der Waals surface area contributed by atoms with Crippen LogP contribution >= 0.6 is 0 Å². The molecule has 14 heteroatoms. The van der Waals surface area contributed by atoms with Gasteiger partial charge in [0.2, 0.25) is 0 Å². The van der Waals surface area contributed by atoms with Gasteiger partial charge in [-0.3, -0.25) is 0 Å². The molecule has 7 rings (SSSR count). The lowest BCUT2D eigenvalue weighted by atomic mass is 9.41. The van der Waals surface area contributed by atoms with E-state index in [-0.39, 0.29) is 43.2 Å². The molecule has 2 saturated heterocycles. The topological polar surface area (TPSA) is 222 Å². The fourth-order valence-corrected chi connectivity index (χ4v) is 11.3. The molecule has 7 N–H and O–H groups in total.